The van der Waals surface area contributed by atoms with Gasteiger partial charge in [-0.3, -0.25) is 0 Å². The zero-order valence-corrected chi connectivity index (χ0v) is 12.0. The fourth-order valence-electron chi connectivity index (χ4n) is 6.11. The minimum Gasteiger partial charge on any atom is -0.0842 e. The van der Waals surface area contributed by atoms with Gasteiger partial charge in [-0.05, 0) is 74.0 Å². The molecule has 18 heavy (non-hydrogen) atoms. The van der Waals surface area contributed by atoms with Crippen LogP contribution in [0.4, 0.5) is 0 Å². The number of allylic oxidation sites excluding steroid dienone is 2. The molecule has 3 fully saturated rings. The van der Waals surface area contributed by atoms with Crippen molar-refractivity contribution in [2.45, 2.75) is 71.1 Å². The molecule has 3 saturated carbocycles. The van der Waals surface area contributed by atoms with E-state index in [0.717, 1.165) is 23.7 Å². The third-order valence-electron chi connectivity index (χ3n) is 7.06. The molecule has 4 rings (SSSR count). The Morgan fingerprint density at radius 2 is 1.83 bits per heavy atom. The molecule has 0 N–H and O–H groups in total. The van der Waals surface area contributed by atoms with E-state index in [-0.39, 0.29) is 0 Å². The Bertz CT molecular complexity index is 366. The third kappa shape index (κ3) is 1.57. The first kappa shape index (κ1) is 11.6. The Balaban J connectivity index is 1.66. The largest absolute Gasteiger partial charge is 0.0842 e. The fraction of sp³-hybridized carbons (Fsp3) is 0.889. The molecule has 100 valence electrons. The van der Waals surface area contributed by atoms with Crippen LogP contribution in [0.1, 0.15) is 71.1 Å². The first-order valence-corrected chi connectivity index (χ1v) is 8.48. The number of rotatable bonds is 0. The summed E-state index contributed by atoms with van der Waals surface area (Å²) in [6, 6.07) is 0. The summed E-state index contributed by atoms with van der Waals surface area (Å²) in [5.41, 5.74) is 2.64. The molecule has 0 unspecified atom stereocenters. The lowest BCUT2D eigenvalue weighted by Gasteiger charge is -2.50. The number of hydrogen-bond donors (Lipinski definition) is 0. The van der Waals surface area contributed by atoms with Crippen LogP contribution < -0.4 is 0 Å². The lowest BCUT2D eigenvalue weighted by atomic mass is 9.55. The SMILES string of the molecule is C[C@]12CC=C3[C@H]4CCCC[C@@H]4CC[C@H]3[C@@H]1CCC2. The van der Waals surface area contributed by atoms with Crippen molar-refractivity contribution >= 4 is 0 Å². The van der Waals surface area contributed by atoms with Crippen LogP contribution in [0, 0.1) is 29.1 Å². The molecular formula is C18H28. The molecule has 4 aliphatic rings. The first-order chi connectivity index (χ1) is 8.78. The lowest BCUT2D eigenvalue weighted by Crippen LogP contribution is -2.40. The maximum Gasteiger partial charge on any atom is -0.0167 e. The fourth-order valence-corrected chi connectivity index (χ4v) is 6.11. The highest BCUT2D eigenvalue weighted by Gasteiger charge is 2.49. The van der Waals surface area contributed by atoms with Gasteiger partial charge in [-0.2, -0.15) is 0 Å². The highest BCUT2D eigenvalue weighted by molar-refractivity contribution is 5.23. The molecule has 0 bridgehead atoms. The zero-order valence-electron chi connectivity index (χ0n) is 12.0. The van der Waals surface area contributed by atoms with Crippen LogP contribution in [0.3, 0.4) is 0 Å². The quantitative estimate of drug-likeness (QED) is 0.505. The molecule has 0 aromatic heterocycles. The van der Waals surface area contributed by atoms with Crippen LogP contribution in [-0.2, 0) is 0 Å². The van der Waals surface area contributed by atoms with Crippen molar-refractivity contribution in [3.05, 3.63) is 11.6 Å². The van der Waals surface area contributed by atoms with Crippen LogP contribution in [0.25, 0.3) is 0 Å². The van der Waals surface area contributed by atoms with Gasteiger partial charge < -0.3 is 0 Å². The summed E-state index contributed by atoms with van der Waals surface area (Å²) in [7, 11) is 0. The van der Waals surface area contributed by atoms with Gasteiger partial charge in [-0.15, -0.1) is 0 Å². The second-order valence-electron chi connectivity index (χ2n) is 7.90. The van der Waals surface area contributed by atoms with E-state index in [1.807, 2.05) is 5.57 Å². The molecule has 0 aromatic rings. The minimum atomic E-state index is 0.690. The van der Waals surface area contributed by atoms with Gasteiger partial charge >= 0.3 is 0 Å². The van der Waals surface area contributed by atoms with E-state index in [9.17, 15) is 0 Å². The Hall–Kier alpha value is -0.260. The normalized spacial score (nSPS) is 51.1. The lowest BCUT2D eigenvalue weighted by molar-refractivity contribution is 0.0937. The maximum absolute atomic E-state index is 2.73. The molecule has 0 heterocycles. The zero-order chi connectivity index (χ0) is 12.2. The van der Waals surface area contributed by atoms with E-state index < -0.39 is 0 Å². The molecule has 0 heteroatoms. The monoisotopic (exact) mass is 244 g/mol. The van der Waals surface area contributed by atoms with Gasteiger partial charge in [-0.1, -0.05) is 37.8 Å². The van der Waals surface area contributed by atoms with Crippen molar-refractivity contribution < 1.29 is 0 Å². The summed E-state index contributed by atoms with van der Waals surface area (Å²) in [5.74, 6) is 4.15. The first-order valence-electron chi connectivity index (χ1n) is 8.48. The molecule has 0 amide bonds. The minimum absolute atomic E-state index is 0.690. The average molecular weight is 244 g/mol. The highest BCUT2D eigenvalue weighted by Crippen LogP contribution is 2.60. The molecule has 0 nitrogen and oxygen atoms in total. The standard InChI is InChI=1S/C18H28/c1-18-11-4-7-17(18)16-9-8-13-5-2-3-6-14(13)15(16)10-12-18/h10,13-14,16-17H,2-9,11-12H2,1H3/t13-,14+,16-,17+,18+/m1/s1. The van der Waals surface area contributed by atoms with Crippen LogP contribution in [0.15, 0.2) is 11.6 Å². The van der Waals surface area contributed by atoms with Crippen molar-refractivity contribution in [1.29, 1.82) is 0 Å². The predicted octanol–water partition coefficient (Wildman–Crippen LogP) is 5.34. The molecule has 0 aromatic carbocycles. The van der Waals surface area contributed by atoms with E-state index in [2.05, 4.69) is 13.0 Å². The average Bonchev–Trinajstić information content (AvgIpc) is 2.80. The van der Waals surface area contributed by atoms with Gasteiger partial charge in [0, 0.05) is 0 Å². The van der Waals surface area contributed by atoms with Crippen molar-refractivity contribution in [1.82, 2.24) is 0 Å². The van der Waals surface area contributed by atoms with Crippen molar-refractivity contribution in [3.8, 4) is 0 Å². The number of hydrogen-bond acceptors (Lipinski definition) is 0. The Morgan fingerprint density at radius 3 is 2.78 bits per heavy atom. The van der Waals surface area contributed by atoms with E-state index in [0.29, 0.717) is 5.41 Å². The molecule has 5 atom stereocenters. The molecule has 4 aliphatic carbocycles. The Labute approximate surface area is 112 Å². The topological polar surface area (TPSA) is 0 Å². The maximum atomic E-state index is 2.73. The predicted molar refractivity (Wildman–Crippen MR) is 76.3 cm³/mol. The second kappa shape index (κ2) is 4.12. The van der Waals surface area contributed by atoms with Gasteiger partial charge in [0.25, 0.3) is 0 Å². The smallest absolute Gasteiger partial charge is 0.0167 e. The van der Waals surface area contributed by atoms with Gasteiger partial charge in [0.2, 0.25) is 0 Å². The Kier molecular flexibility index (Phi) is 2.64. The van der Waals surface area contributed by atoms with Gasteiger partial charge in [-0.25, -0.2) is 0 Å². The van der Waals surface area contributed by atoms with Crippen LogP contribution >= 0.6 is 0 Å². The summed E-state index contributed by atoms with van der Waals surface area (Å²) in [6.45, 7) is 2.59. The summed E-state index contributed by atoms with van der Waals surface area (Å²) >= 11 is 0. The Morgan fingerprint density at radius 1 is 0.944 bits per heavy atom. The van der Waals surface area contributed by atoms with Crippen LogP contribution in [-0.4, -0.2) is 0 Å². The summed E-state index contributed by atoms with van der Waals surface area (Å²) in [4.78, 5) is 0. The number of fused-ring (bicyclic) bond motifs is 5. The molecule has 0 spiro atoms. The molecule has 0 radical (unpaired) electrons. The van der Waals surface area contributed by atoms with Gasteiger partial charge in [0.15, 0.2) is 0 Å². The summed E-state index contributed by atoms with van der Waals surface area (Å²) in [5, 5.41) is 0. The second-order valence-corrected chi connectivity index (χ2v) is 7.90. The van der Waals surface area contributed by atoms with Crippen molar-refractivity contribution in [3.63, 3.8) is 0 Å². The van der Waals surface area contributed by atoms with Crippen LogP contribution in [0.5, 0.6) is 0 Å². The van der Waals surface area contributed by atoms with E-state index in [4.69, 9.17) is 0 Å². The van der Waals surface area contributed by atoms with Gasteiger partial charge in [0.05, 0.1) is 0 Å². The van der Waals surface area contributed by atoms with Crippen LogP contribution in [0.2, 0.25) is 0 Å². The van der Waals surface area contributed by atoms with E-state index >= 15 is 0 Å². The van der Waals surface area contributed by atoms with Crippen molar-refractivity contribution in [2.75, 3.05) is 0 Å². The summed E-state index contributed by atoms with van der Waals surface area (Å²) < 4.78 is 0. The summed E-state index contributed by atoms with van der Waals surface area (Å²) in [6.07, 6.45) is 17.9. The molecule has 0 saturated heterocycles. The van der Waals surface area contributed by atoms with Crippen molar-refractivity contribution in [2.24, 2.45) is 29.1 Å². The van der Waals surface area contributed by atoms with Gasteiger partial charge in [0.1, 0.15) is 0 Å². The highest BCUT2D eigenvalue weighted by atomic mass is 14.5. The van der Waals surface area contributed by atoms with E-state index in [1.165, 1.54) is 57.8 Å². The third-order valence-corrected chi connectivity index (χ3v) is 7.06. The molecule has 0 aliphatic heterocycles. The van der Waals surface area contributed by atoms with E-state index in [1.54, 1.807) is 6.42 Å². The molecular weight excluding hydrogens is 216 g/mol.